The Labute approximate surface area is 86.1 Å². The Bertz CT molecular complexity index is 392. The number of primary amides is 1. The molecule has 0 saturated heterocycles. The largest absolute Gasteiger partial charge is 0.505 e. The molecule has 0 spiro atoms. The van der Waals surface area contributed by atoms with Crippen LogP contribution in [0.15, 0.2) is 18.3 Å². The van der Waals surface area contributed by atoms with Gasteiger partial charge in [-0.05, 0) is 19.1 Å². The minimum atomic E-state index is -0.807. The van der Waals surface area contributed by atoms with E-state index in [9.17, 15) is 14.7 Å². The van der Waals surface area contributed by atoms with E-state index in [1.54, 1.807) is 0 Å². The molecule has 1 rings (SSSR count). The predicted molar refractivity (Wildman–Crippen MR) is 52.0 cm³/mol. The van der Waals surface area contributed by atoms with E-state index < -0.39 is 17.9 Å². The summed E-state index contributed by atoms with van der Waals surface area (Å²) in [5, 5.41) is 11.6. The van der Waals surface area contributed by atoms with Gasteiger partial charge in [-0.1, -0.05) is 0 Å². The van der Waals surface area contributed by atoms with Gasteiger partial charge in [0.1, 0.15) is 11.8 Å². The van der Waals surface area contributed by atoms with Gasteiger partial charge in [-0.3, -0.25) is 9.59 Å². The van der Waals surface area contributed by atoms with Crippen LogP contribution in [0.1, 0.15) is 17.4 Å². The van der Waals surface area contributed by atoms with E-state index in [4.69, 9.17) is 5.73 Å². The lowest BCUT2D eigenvalue weighted by molar-refractivity contribution is -0.119. The normalized spacial score (nSPS) is 11.8. The molecule has 1 aromatic heterocycles. The zero-order valence-electron chi connectivity index (χ0n) is 8.10. The predicted octanol–water partition coefficient (Wildman–Crippen LogP) is -0.609. The lowest BCUT2D eigenvalue weighted by Crippen LogP contribution is -2.42. The number of hydrogen-bond donors (Lipinski definition) is 3. The van der Waals surface area contributed by atoms with Crippen molar-refractivity contribution in [2.45, 2.75) is 13.0 Å². The van der Waals surface area contributed by atoms with Crippen molar-refractivity contribution >= 4 is 11.8 Å². The van der Waals surface area contributed by atoms with Crippen LogP contribution in [0.4, 0.5) is 0 Å². The molecule has 4 N–H and O–H groups in total. The number of rotatable bonds is 3. The molecule has 15 heavy (non-hydrogen) atoms. The van der Waals surface area contributed by atoms with Crippen LogP contribution in [0.5, 0.6) is 5.75 Å². The van der Waals surface area contributed by atoms with E-state index >= 15 is 0 Å². The van der Waals surface area contributed by atoms with Crippen LogP contribution in [0, 0.1) is 0 Å². The fourth-order valence-electron chi connectivity index (χ4n) is 0.908. The smallest absolute Gasteiger partial charge is 0.274 e. The summed E-state index contributed by atoms with van der Waals surface area (Å²) in [7, 11) is 0. The summed E-state index contributed by atoms with van der Waals surface area (Å²) in [5.74, 6) is -1.54. The maximum Gasteiger partial charge on any atom is 0.274 e. The van der Waals surface area contributed by atoms with Gasteiger partial charge in [0.05, 0.1) is 0 Å². The average Bonchev–Trinajstić information content (AvgIpc) is 2.18. The van der Waals surface area contributed by atoms with Crippen LogP contribution >= 0.6 is 0 Å². The van der Waals surface area contributed by atoms with Crippen LogP contribution in [0.25, 0.3) is 0 Å². The Balaban J connectivity index is 2.78. The Morgan fingerprint density at radius 2 is 2.27 bits per heavy atom. The van der Waals surface area contributed by atoms with E-state index in [1.807, 2.05) is 0 Å². The zero-order valence-corrected chi connectivity index (χ0v) is 8.10. The van der Waals surface area contributed by atoms with Gasteiger partial charge in [0.25, 0.3) is 5.91 Å². The van der Waals surface area contributed by atoms with Crippen molar-refractivity contribution in [1.82, 2.24) is 10.3 Å². The summed E-state index contributed by atoms with van der Waals surface area (Å²) < 4.78 is 0. The van der Waals surface area contributed by atoms with E-state index in [1.165, 1.54) is 25.3 Å². The highest BCUT2D eigenvalue weighted by atomic mass is 16.3. The maximum absolute atomic E-state index is 11.4. The number of aromatic hydroxyl groups is 1. The highest BCUT2D eigenvalue weighted by molar-refractivity contribution is 5.97. The molecule has 0 aromatic carbocycles. The number of hydrogen-bond acceptors (Lipinski definition) is 4. The molecule has 0 saturated carbocycles. The molecule has 0 aliphatic carbocycles. The Hall–Kier alpha value is -2.11. The molecule has 0 aliphatic rings. The molecule has 80 valence electrons. The second-order valence-corrected chi connectivity index (χ2v) is 2.97. The lowest BCUT2D eigenvalue weighted by Gasteiger charge is -2.09. The van der Waals surface area contributed by atoms with E-state index in [2.05, 4.69) is 10.3 Å². The molecule has 0 bridgehead atoms. The van der Waals surface area contributed by atoms with E-state index in [0.717, 1.165) is 0 Å². The van der Waals surface area contributed by atoms with Crippen LogP contribution in [-0.4, -0.2) is 27.9 Å². The highest BCUT2D eigenvalue weighted by Gasteiger charge is 2.17. The van der Waals surface area contributed by atoms with Crippen LogP contribution in [0.3, 0.4) is 0 Å². The van der Waals surface area contributed by atoms with Crippen LogP contribution in [-0.2, 0) is 4.79 Å². The van der Waals surface area contributed by atoms with Crippen LogP contribution < -0.4 is 11.1 Å². The molecule has 1 heterocycles. The summed E-state index contributed by atoms with van der Waals surface area (Å²) in [6, 6.07) is 2.01. The molecule has 0 aliphatic heterocycles. The Morgan fingerprint density at radius 3 is 2.80 bits per heavy atom. The molecule has 6 nitrogen and oxygen atoms in total. The first-order chi connectivity index (χ1) is 7.02. The maximum atomic E-state index is 11.4. The first-order valence-electron chi connectivity index (χ1n) is 4.26. The number of aromatic nitrogens is 1. The molecule has 1 unspecified atom stereocenters. The first-order valence-corrected chi connectivity index (χ1v) is 4.26. The topological polar surface area (TPSA) is 105 Å². The quantitative estimate of drug-likeness (QED) is 0.617. The summed E-state index contributed by atoms with van der Waals surface area (Å²) >= 11 is 0. The van der Waals surface area contributed by atoms with Gasteiger partial charge in [-0.2, -0.15) is 0 Å². The number of pyridine rings is 1. The number of carbonyl (C=O) groups excluding carboxylic acids is 2. The fraction of sp³-hybridized carbons (Fsp3) is 0.222. The zero-order chi connectivity index (χ0) is 11.4. The lowest BCUT2D eigenvalue weighted by atomic mass is 10.2. The second-order valence-electron chi connectivity index (χ2n) is 2.97. The van der Waals surface area contributed by atoms with Gasteiger partial charge < -0.3 is 16.2 Å². The third-order valence-electron chi connectivity index (χ3n) is 1.78. The van der Waals surface area contributed by atoms with Crippen molar-refractivity contribution < 1.29 is 14.7 Å². The number of carbonyl (C=O) groups is 2. The first kappa shape index (κ1) is 11.0. The molecule has 6 heteroatoms. The number of amides is 2. The van der Waals surface area contributed by atoms with Crippen molar-refractivity contribution in [3.63, 3.8) is 0 Å². The summed E-state index contributed by atoms with van der Waals surface area (Å²) in [4.78, 5) is 25.8. The Morgan fingerprint density at radius 1 is 1.60 bits per heavy atom. The molecule has 0 radical (unpaired) electrons. The van der Waals surface area contributed by atoms with Crippen molar-refractivity contribution in [2.24, 2.45) is 5.73 Å². The van der Waals surface area contributed by atoms with Crippen molar-refractivity contribution in [1.29, 1.82) is 0 Å². The summed E-state index contributed by atoms with van der Waals surface area (Å²) in [6.07, 6.45) is 1.36. The van der Waals surface area contributed by atoms with Gasteiger partial charge in [0.15, 0.2) is 5.69 Å². The monoisotopic (exact) mass is 209 g/mol. The number of nitrogens with one attached hydrogen (secondary N) is 1. The highest BCUT2D eigenvalue weighted by Crippen LogP contribution is 2.11. The number of nitrogens with two attached hydrogens (primary N) is 1. The third kappa shape index (κ3) is 2.67. The second kappa shape index (κ2) is 4.41. The Kier molecular flexibility index (Phi) is 3.22. The van der Waals surface area contributed by atoms with E-state index in [-0.39, 0.29) is 11.4 Å². The molecular formula is C9H11N3O3. The molecule has 1 aromatic rings. The van der Waals surface area contributed by atoms with Crippen molar-refractivity contribution in [2.75, 3.05) is 0 Å². The fourth-order valence-corrected chi connectivity index (χ4v) is 0.908. The molecule has 2 amide bonds. The van der Waals surface area contributed by atoms with Crippen molar-refractivity contribution in [3.05, 3.63) is 24.0 Å². The molecule has 1 atom stereocenters. The van der Waals surface area contributed by atoms with E-state index in [0.29, 0.717) is 0 Å². The van der Waals surface area contributed by atoms with Crippen LogP contribution in [0.2, 0.25) is 0 Å². The SMILES string of the molecule is CC(NC(=O)c1ncccc1O)C(N)=O. The van der Waals surface area contributed by atoms with Gasteiger partial charge in [-0.25, -0.2) is 4.98 Å². The van der Waals surface area contributed by atoms with Gasteiger partial charge >= 0.3 is 0 Å². The molecule has 0 fully saturated rings. The average molecular weight is 209 g/mol. The van der Waals surface area contributed by atoms with Gasteiger partial charge in [0.2, 0.25) is 5.91 Å². The third-order valence-corrected chi connectivity index (χ3v) is 1.78. The summed E-state index contributed by atoms with van der Waals surface area (Å²) in [6.45, 7) is 1.44. The minimum Gasteiger partial charge on any atom is -0.505 e. The minimum absolute atomic E-state index is 0.134. The summed E-state index contributed by atoms with van der Waals surface area (Å²) in [5.41, 5.74) is 4.83. The number of nitrogens with zero attached hydrogens (tertiary/aromatic N) is 1. The van der Waals surface area contributed by atoms with Crippen molar-refractivity contribution in [3.8, 4) is 5.75 Å². The van der Waals surface area contributed by atoms with Gasteiger partial charge in [0, 0.05) is 6.20 Å². The van der Waals surface area contributed by atoms with Gasteiger partial charge in [-0.15, -0.1) is 0 Å². The standard InChI is InChI=1S/C9H11N3O3/c1-5(8(10)14)12-9(15)7-6(13)3-2-4-11-7/h2-5,13H,1H3,(H2,10,14)(H,12,15). The molecular weight excluding hydrogens is 198 g/mol.